The predicted octanol–water partition coefficient (Wildman–Crippen LogP) is 15.9. The van der Waals surface area contributed by atoms with Crippen LogP contribution >= 0.6 is 0 Å². The lowest BCUT2D eigenvalue weighted by atomic mass is 9.71. The third-order valence-electron chi connectivity index (χ3n) is 15.2. The first-order valence-electron chi connectivity index (χ1n) is 22.5. The van der Waals surface area contributed by atoms with Crippen LogP contribution in [-0.2, 0) is 29.1 Å². The van der Waals surface area contributed by atoms with E-state index < -0.39 is 0 Å². The first-order valence-corrected chi connectivity index (χ1v) is 22.5. The molecule has 0 amide bonds. The molecule has 0 spiro atoms. The maximum Gasteiger partial charge on any atom is 0.0506 e. The van der Waals surface area contributed by atoms with Crippen molar-refractivity contribution in [3.63, 3.8) is 0 Å². The second kappa shape index (κ2) is 13.4. The Balaban J connectivity index is 1.07. The van der Waals surface area contributed by atoms with Crippen LogP contribution in [0.5, 0.6) is 0 Å². The van der Waals surface area contributed by atoms with Crippen LogP contribution in [0.2, 0.25) is 0 Å². The van der Waals surface area contributed by atoms with Crippen molar-refractivity contribution in [1.29, 1.82) is 0 Å². The topological polar surface area (TPSA) is 3.24 Å². The number of fused-ring (bicyclic) bond motifs is 9. The molecule has 11 rings (SSSR count). The minimum absolute atomic E-state index is 0.0672. The van der Waals surface area contributed by atoms with Gasteiger partial charge in [-0.15, -0.1) is 0 Å². The quantitative estimate of drug-likeness (QED) is 0.152. The molecule has 0 bridgehead atoms. The Kier molecular flexibility index (Phi) is 8.31. The van der Waals surface area contributed by atoms with E-state index in [0.29, 0.717) is 0 Å². The van der Waals surface area contributed by atoms with Crippen molar-refractivity contribution < 1.29 is 0 Å². The van der Waals surface area contributed by atoms with Gasteiger partial charge < -0.3 is 4.90 Å². The summed E-state index contributed by atoms with van der Waals surface area (Å²) in [6.45, 7) is 19.0. The summed E-state index contributed by atoms with van der Waals surface area (Å²) in [4.78, 5) is 2.54. The van der Waals surface area contributed by atoms with Gasteiger partial charge in [-0.05, 0) is 137 Å². The molecule has 1 heterocycles. The number of hydrogen-bond donors (Lipinski definition) is 0. The monoisotopic (exact) mass is 789 g/mol. The van der Waals surface area contributed by atoms with Gasteiger partial charge in [-0.25, -0.2) is 0 Å². The maximum absolute atomic E-state index is 2.59. The van der Waals surface area contributed by atoms with E-state index in [2.05, 4.69) is 218 Å². The lowest BCUT2D eigenvalue weighted by Gasteiger charge is -2.43. The molecule has 8 aromatic rings. The van der Waals surface area contributed by atoms with E-state index in [-0.39, 0.29) is 22.2 Å². The zero-order valence-electron chi connectivity index (χ0n) is 36.9. The molecular formula is C60H55N. The van der Waals surface area contributed by atoms with Crippen molar-refractivity contribution in [3.05, 3.63) is 219 Å². The summed E-state index contributed by atoms with van der Waals surface area (Å²) >= 11 is 0. The average Bonchev–Trinajstić information content (AvgIpc) is 3.64. The molecule has 1 heteroatoms. The first-order chi connectivity index (χ1) is 29.4. The van der Waals surface area contributed by atoms with Gasteiger partial charge in [-0.3, -0.25) is 0 Å². The van der Waals surface area contributed by atoms with Gasteiger partial charge in [0.1, 0.15) is 0 Å². The molecule has 0 saturated carbocycles. The van der Waals surface area contributed by atoms with Gasteiger partial charge in [0.2, 0.25) is 0 Å². The lowest BCUT2D eigenvalue weighted by Crippen LogP contribution is -2.31. The van der Waals surface area contributed by atoms with E-state index in [0.717, 1.165) is 12.8 Å². The van der Waals surface area contributed by atoms with Crippen molar-refractivity contribution in [2.75, 3.05) is 4.90 Å². The van der Waals surface area contributed by atoms with Crippen molar-refractivity contribution in [1.82, 2.24) is 0 Å². The van der Waals surface area contributed by atoms with Crippen LogP contribution in [0.25, 0.3) is 33.0 Å². The fraction of sp³-hybridized carbons (Fsp3) is 0.233. The SMILES string of the molecule is CCc1ccccc1C(c1ccc2cc(N3c4ccccc4C(C)(C)c4cc5c(cc43)C(C)(C)c3ccccc3-5)ccc2c1)c1cc2c(cc1CC)-c1ccccc1C2(C)C. The van der Waals surface area contributed by atoms with Gasteiger partial charge in [0.05, 0.1) is 11.4 Å². The molecule has 0 aromatic heterocycles. The van der Waals surface area contributed by atoms with E-state index in [4.69, 9.17) is 0 Å². The number of nitrogens with zero attached hydrogens (tertiary/aromatic N) is 1. The Hall–Kier alpha value is -6.18. The largest absolute Gasteiger partial charge is 0.310 e. The van der Waals surface area contributed by atoms with Crippen molar-refractivity contribution in [2.45, 2.75) is 90.4 Å². The molecule has 0 radical (unpaired) electrons. The highest BCUT2D eigenvalue weighted by molar-refractivity contribution is 5.95. The Bertz CT molecular complexity index is 3100. The summed E-state index contributed by atoms with van der Waals surface area (Å²) in [6, 6.07) is 60.9. The third kappa shape index (κ3) is 5.39. The van der Waals surface area contributed by atoms with Crippen molar-refractivity contribution >= 4 is 27.8 Å². The number of para-hydroxylation sites is 1. The number of hydrogen-bond acceptors (Lipinski definition) is 1. The van der Waals surface area contributed by atoms with Crippen LogP contribution in [0.15, 0.2) is 158 Å². The molecule has 0 fully saturated rings. The number of aryl methyl sites for hydroxylation is 2. The van der Waals surface area contributed by atoms with Crippen LogP contribution in [0.4, 0.5) is 17.1 Å². The number of anilines is 3. The molecule has 8 aromatic carbocycles. The molecule has 2 aliphatic carbocycles. The van der Waals surface area contributed by atoms with Crippen molar-refractivity contribution in [2.24, 2.45) is 0 Å². The van der Waals surface area contributed by atoms with Gasteiger partial charge >= 0.3 is 0 Å². The average molecular weight is 790 g/mol. The van der Waals surface area contributed by atoms with E-state index in [1.807, 2.05) is 0 Å². The van der Waals surface area contributed by atoms with E-state index in [1.165, 1.54) is 111 Å². The van der Waals surface area contributed by atoms with Gasteiger partial charge in [0.15, 0.2) is 0 Å². The Morgan fingerprint density at radius 2 is 0.951 bits per heavy atom. The Morgan fingerprint density at radius 1 is 0.393 bits per heavy atom. The first kappa shape index (κ1) is 37.8. The van der Waals surface area contributed by atoms with Crippen LogP contribution in [0.3, 0.4) is 0 Å². The summed E-state index contributed by atoms with van der Waals surface area (Å²) in [5, 5.41) is 2.52. The summed E-state index contributed by atoms with van der Waals surface area (Å²) in [7, 11) is 0. The zero-order chi connectivity index (χ0) is 42.0. The fourth-order valence-corrected chi connectivity index (χ4v) is 11.8. The summed E-state index contributed by atoms with van der Waals surface area (Å²) in [5.74, 6) is 0.109. The van der Waals surface area contributed by atoms with Gasteiger partial charge in [0.25, 0.3) is 0 Å². The highest BCUT2D eigenvalue weighted by Gasteiger charge is 2.42. The summed E-state index contributed by atoms with van der Waals surface area (Å²) < 4.78 is 0. The fourth-order valence-electron chi connectivity index (χ4n) is 11.8. The number of rotatable bonds is 6. The Morgan fingerprint density at radius 3 is 1.66 bits per heavy atom. The standard InChI is InChI=1S/C60H55N/c1-9-37-19-11-12-20-43(37)57(46-34-52-47(33-38(46)10-2)44-21-13-15-23-49(44)58(52,3)4)41-28-27-40-32-42(30-29-39(40)31-41)61-55-26-18-17-25-51(55)60(7,8)54-35-48-45-22-14-16-24-50(45)59(5,6)53(48)36-56(54)61/h11-36,57H,9-10H2,1-8H3. The molecule has 300 valence electrons. The molecule has 3 aliphatic rings. The van der Waals surface area contributed by atoms with Crippen molar-refractivity contribution in [3.8, 4) is 22.3 Å². The zero-order valence-corrected chi connectivity index (χ0v) is 36.9. The molecule has 61 heavy (non-hydrogen) atoms. The Labute approximate surface area is 362 Å². The molecule has 1 unspecified atom stereocenters. The van der Waals surface area contributed by atoms with Crippen LogP contribution < -0.4 is 4.90 Å². The highest BCUT2D eigenvalue weighted by Crippen LogP contribution is 2.58. The molecule has 1 atom stereocenters. The summed E-state index contributed by atoms with van der Waals surface area (Å²) in [6.07, 6.45) is 1.98. The lowest BCUT2D eigenvalue weighted by molar-refractivity contribution is 0.627. The molecule has 0 N–H and O–H groups in total. The second-order valence-corrected chi connectivity index (χ2v) is 19.5. The minimum atomic E-state index is -0.165. The van der Waals surface area contributed by atoms with E-state index in [9.17, 15) is 0 Å². The molecular weight excluding hydrogens is 735 g/mol. The normalized spacial score (nSPS) is 16.3. The molecule has 0 saturated heterocycles. The van der Waals surface area contributed by atoms with Gasteiger partial charge in [-0.2, -0.15) is 0 Å². The van der Waals surface area contributed by atoms with Crippen LogP contribution in [-0.4, -0.2) is 0 Å². The molecule has 1 aliphatic heterocycles. The maximum atomic E-state index is 2.59. The summed E-state index contributed by atoms with van der Waals surface area (Å²) in [5.41, 5.74) is 24.4. The van der Waals surface area contributed by atoms with Crippen LogP contribution in [0.1, 0.15) is 123 Å². The minimum Gasteiger partial charge on any atom is -0.310 e. The second-order valence-electron chi connectivity index (χ2n) is 19.5. The van der Waals surface area contributed by atoms with E-state index in [1.54, 1.807) is 0 Å². The van der Waals surface area contributed by atoms with Gasteiger partial charge in [-0.1, -0.05) is 183 Å². The highest BCUT2D eigenvalue weighted by atomic mass is 15.2. The van der Waals surface area contributed by atoms with E-state index >= 15 is 0 Å². The number of benzene rings is 8. The molecule has 1 nitrogen and oxygen atoms in total. The predicted molar refractivity (Wildman–Crippen MR) is 258 cm³/mol. The van der Waals surface area contributed by atoms with Gasteiger partial charge in [0, 0.05) is 27.9 Å². The third-order valence-corrected chi connectivity index (χ3v) is 15.2. The smallest absolute Gasteiger partial charge is 0.0506 e. The van der Waals surface area contributed by atoms with Crippen LogP contribution in [0, 0.1) is 0 Å².